The van der Waals surface area contributed by atoms with E-state index in [2.05, 4.69) is 31.9 Å². The first-order valence-corrected chi connectivity index (χ1v) is 8.25. The number of nitrogens with one attached hydrogen (secondary N) is 1. The minimum absolute atomic E-state index is 0.115. The number of pyridine rings is 1. The van der Waals surface area contributed by atoms with Crippen molar-refractivity contribution < 1.29 is 4.79 Å². The molecule has 1 amide bonds. The largest absolute Gasteiger partial charge is 0.367 e. The van der Waals surface area contributed by atoms with E-state index in [1.807, 2.05) is 12.4 Å². The number of rotatable bonds is 2. The van der Waals surface area contributed by atoms with E-state index in [1.54, 1.807) is 0 Å². The maximum atomic E-state index is 12.5. The van der Waals surface area contributed by atoms with Gasteiger partial charge in [0.2, 0.25) is 5.91 Å². The Morgan fingerprint density at radius 1 is 1.27 bits per heavy atom. The van der Waals surface area contributed by atoms with E-state index in [0.29, 0.717) is 11.8 Å². The van der Waals surface area contributed by atoms with Gasteiger partial charge in [0.05, 0.1) is 5.54 Å². The number of aromatic nitrogens is 2. The Hall–Kier alpha value is -2.04. The van der Waals surface area contributed by atoms with E-state index < -0.39 is 0 Å². The first-order chi connectivity index (χ1) is 10.8. The van der Waals surface area contributed by atoms with Gasteiger partial charge in [0, 0.05) is 49.0 Å². The molecule has 114 valence electrons. The number of anilines is 1. The molecule has 3 aliphatic rings. The van der Waals surface area contributed by atoms with E-state index in [1.165, 1.54) is 11.1 Å². The molecule has 3 heterocycles. The number of amides is 1. The van der Waals surface area contributed by atoms with Crippen molar-refractivity contribution in [2.24, 2.45) is 5.92 Å². The van der Waals surface area contributed by atoms with Crippen molar-refractivity contribution in [1.29, 1.82) is 0 Å². The van der Waals surface area contributed by atoms with Crippen LogP contribution in [0, 0.1) is 5.92 Å². The number of H-pyrrole nitrogens is 1. The Labute approximate surface area is 129 Å². The molecule has 3 fully saturated rings. The molecular weight excluding hydrogens is 276 g/mol. The average Bonchev–Trinajstić information content (AvgIpc) is 3.46. The van der Waals surface area contributed by atoms with Crippen molar-refractivity contribution in [3.8, 4) is 0 Å². The lowest BCUT2D eigenvalue weighted by Gasteiger charge is -2.43. The Balaban J connectivity index is 1.45. The van der Waals surface area contributed by atoms with Gasteiger partial charge in [0.25, 0.3) is 0 Å². The highest BCUT2D eigenvalue weighted by Gasteiger charge is 2.55. The van der Waals surface area contributed by atoms with Gasteiger partial charge in [-0.2, -0.15) is 0 Å². The molecule has 0 radical (unpaired) electrons. The Bertz CT molecular complexity index is 744. The fourth-order valence-corrected chi connectivity index (χ4v) is 3.87. The third-order valence-corrected chi connectivity index (χ3v) is 5.45. The number of carbonyl (C=O) groups is 1. The lowest BCUT2D eigenvalue weighted by molar-refractivity contribution is -0.136. The highest BCUT2D eigenvalue weighted by Crippen LogP contribution is 2.47. The maximum absolute atomic E-state index is 12.5. The van der Waals surface area contributed by atoms with Crippen molar-refractivity contribution in [1.82, 2.24) is 14.9 Å². The van der Waals surface area contributed by atoms with Crippen LogP contribution in [0.4, 0.5) is 5.69 Å². The predicted octanol–water partition coefficient (Wildman–Crippen LogP) is 2.15. The summed E-state index contributed by atoms with van der Waals surface area (Å²) in [5.74, 6) is 0.750. The molecule has 2 saturated carbocycles. The van der Waals surface area contributed by atoms with Crippen molar-refractivity contribution in [2.75, 3.05) is 24.5 Å². The summed E-state index contributed by atoms with van der Waals surface area (Å²) in [6.45, 7) is 2.75. The molecule has 1 N–H and O–H groups in total. The van der Waals surface area contributed by atoms with Crippen LogP contribution < -0.4 is 4.90 Å². The molecule has 5 nitrogen and oxygen atoms in total. The monoisotopic (exact) mass is 296 g/mol. The van der Waals surface area contributed by atoms with Gasteiger partial charge < -0.3 is 14.8 Å². The molecule has 1 saturated heterocycles. The SMILES string of the molecule is O=C(C1CC1)N1CCN(c2ccnc3[nH]ccc23)CC12CC2. The summed E-state index contributed by atoms with van der Waals surface area (Å²) >= 11 is 0. The molecule has 2 aromatic heterocycles. The Morgan fingerprint density at radius 2 is 2.14 bits per heavy atom. The summed E-state index contributed by atoms with van der Waals surface area (Å²) in [4.78, 5) is 24.7. The highest BCUT2D eigenvalue weighted by atomic mass is 16.2. The number of piperazine rings is 1. The number of hydrogen-bond donors (Lipinski definition) is 1. The van der Waals surface area contributed by atoms with Crippen molar-refractivity contribution in [2.45, 2.75) is 31.2 Å². The average molecular weight is 296 g/mol. The molecule has 1 aliphatic heterocycles. The molecule has 0 bridgehead atoms. The van der Waals surface area contributed by atoms with Crippen molar-refractivity contribution in [3.05, 3.63) is 24.5 Å². The Morgan fingerprint density at radius 3 is 2.91 bits per heavy atom. The Kier molecular flexibility index (Phi) is 2.41. The van der Waals surface area contributed by atoms with E-state index in [4.69, 9.17) is 0 Å². The molecule has 0 aromatic carbocycles. The van der Waals surface area contributed by atoms with Gasteiger partial charge in [0.15, 0.2) is 0 Å². The first-order valence-electron chi connectivity index (χ1n) is 8.25. The van der Waals surface area contributed by atoms with E-state index in [0.717, 1.165) is 51.0 Å². The van der Waals surface area contributed by atoms with Gasteiger partial charge in [-0.05, 0) is 37.8 Å². The summed E-state index contributed by atoms with van der Waals surface area (Å²) in [6, 6.07) is 4.20. The molecule has 22 heavy (non-hydrogen) atoms. The zero-order valence-corrected chi connectivity index (χ0v) is 12.6. The summed E-state index contributed by atoms with van der Waals surface area (Å²) in [7, 11) is 0. The topological polar surface area (TPSA) is 52.2 Å². The second kappa shape index (κ2) is 4.24. The van der Waals surface area contributed by atoms with Gasteiger partial charge in [-0.3, -0.25) is 4.79 Å². The fraction of sp³-hybridized carbons (Fsp3) is 0.529. The first kappa shape index (κ1) is 12.5. The normalized spacial score (nSPS) is 23.3. The summed E-state index contributed by atoms with van der Waals surface area (Å²) in [5, 5.41) is 1.18. The fourth-order valence-electron chi connectivity index (χ4n) is 3.87. The zero-order valence-electron chi connectivity index (χ0n) is 12.6. The third-order valence-electron chi connectivity index (χ3n) is 5.45. The third kappa shape index (κ3) is 1.77. The minimum Gasteiger partial charge on any atom is -0.367 e. The van der Waals surface area contributed by atoms with Crippen LogP contribution in [0.5, 0.6) is 0 Å². The van der Waals surface area contributed by atoms with Gasteiger partial charge in [-0.15, -0.1) is 0 Å². The van der Waals surface area contributed by atoms with Gasteiger partial charge in [-0.25, -0.2) is 4.98 Å². The summed E-state index contributed by atoms with van der Waals surface area (Å²) < 4.78 is 0. The number of fused-ring (bicyclic) bond motifs is 1. The second-order valence-electron chi connectivity index (χ2n) is 6.98. The summed E-state index contributed by atoms with van der Waals surface area (Å²) in [6.07, 6.45) is 8.33. The molecule has 2 aliphatic carbocycles. The molecule has 1 spiro atoms. The summed E-state index contributed by atoms with van der Waals surface area (Å²) in [5.41, 5.74) is 2.30. The van der Waals surface area contributed by atoms with Gasteiger partial charge in [0.1, 0.15) is 5.65 Å². The van der Waals surface area contributed by atoms with Crippen LogP contribution in [0.2, 0.25) is 0 Å². The molecule has 2 aromatic rings. The van der Waals surface area contributed by atoms with Gasteiger partial charge in [-0.1, -0.05) is 0 Å². The van der Waals surface area contributed by atoms with Crippen molar-refractivity contribution >= 4 is 22.6 Å². The predicted molar refractivity (Wildman–Crippen MR) is 84.7 cm³/mol. The molecule has 5 heteroatoms. The van der Waals surface area contributed by atoms with Crippen LogP contribution in [0.15, 0.2) is 24.5 Å². The van der Waals surface area contributed by atoms with E-state index in [9.17, 15) is 4.79 Å². The lowest BCUT2D eigenvalue weighted by Crippen LogP contribution is -2.57. The number of carbonyl (C=O) groups excluding carboxylic acids is 1. The molecule has 0 atom stereocenters. The standard InChI is InChI=1S/C17H20N4O/c22-16(12-1-2-12)21-10-9-20(11-17(21)5-6-17)14-4-8-19-15-13(14)3-7-18-15/h3-4,7-8,12H,1-2,5-6,9-11H2,(H,18,19). The molecule has 0 unspecified atom stereocenters. The van der Waals surface area contributed by atoms with E-state index >= 15 is 0 Å². The zero-order chi connectivity index (χ0) is 14.7. The van der Waals surface area contributed by atoms with Crippen LogP contribution in [0.25, 0.3) is 11.0 Å². The van der Waals surface area contributed by atoms with Crippen molar-refractivity contribution in [3.63, 3.8) is 0 Å². The smallest absolute Gasteiger partial charge is 0.226 e. The van der Waals surface area contributed by atoms with Crippen LogP contribution in [-0.2, 0) is 4.79 Å². The van der Waals surface area contributed by atoms with Crippen LogP contribution in [0.3, 0.4) is 0 Å². The van der Waals surface area contributed by atoms with Crippen LogP contribution in [-0.4, -0.2) is 45.9 Å². The minimum atomic E-state index is 0.115. The number of hydrogen-bond acceptors (Lipinski definition) is 3. The number of nitrogens with zero attached hydrogens (tertiary/aromatic N) is 3. The van der Waals surface area contributed by atoms with Gasteiger partial charge >= 0.3 is 0 Å². The maximum Gasteiger partial charge on any atom is 0.226 e. The van der Waals surface area contributed by atoms with Crippen LogP contribution >= 0.6 is 0 Å². The van der Waals surface area contributed by atoms with E-state index in [-0.39, 0.29) is 5.54 Å². The molecular formula is C17H20N4O. The lowest BCUT2D eigenvalue weighted by atomic mass is 10.1. The highest BCUT2D eigenvalue weighted by molar-refractivity contribution is 5.90. The molecule has 5 rings (SSSR count). The number of aromatic amines is 1. The quantitative estimate of drug-likeness (QED) is 0.924. The second-order valence-corrected chi connectivity index (χ2v) is 6.98. The van der Waals surface area contributed by atoms with Crippen LogP contribution in [0.1, 0.15) is 25.7 Å².